The molecule has 0 saturated carbocycles. The summed E-state index contributed by atoms with van der Waals surface area (Å²) in [7, 11) is -0.966. The summed E-state index contributed by atoms with van der Waals surface area (Å²) in [6.07, 6.45) is 10.4. The number of hydrogen-bond donors (Lipinski definition) is 0. The van der Waals surface area contributed by atoms with Gasteiger partial charge in [0.15, 0.2) is 0 Å². The topological polar surface area (TPSA) is 0 Å². The van der Waals surface area contributed by atoms with Crippen LogP contribution in [0.2, 0.25) is 0 Å². The van der Waals surface area contributed by atoms with Gasteiger partial charge in [0.25, 0.3) is 0 Å². The molecule has 0 N–H and O–H groups in total. The van der Waals surface area contributed by atoms with E-state index in [1.165, 1.54) is 65.2 Å². The van der Waals surface area contributed by atoms with Crippen molar-refractivity contribution < 1.29 is 43.0 Å². The molecule has 8 heteroatoms. The van der Waals surface area contributed by atoms with E-state index < -0.39 is 44.9 Å². The molecule has 0 radical (unpaired) electrons. The maximum absolute atomic E-state index is 12.0. The van der Waals surface area contributed by atoms with Crippen molar-refractivity contribution in [2.24, 2.45) is 0 Å². The fourth-order valence-electron chi connectivity index (χ4n) is 5.55. The van der Waals surface area contributed by atoms with Gasteiger partial charge in [-0.2, -0.15) is 0 Å². The normalized spacial score (nSPS) is 10.1. The zero-order valence-electron chi connectivity index (χ0n) is 34.0. The first-order valence-corrected chi connectivity index (χ1v) is 21.2. The molecular weight excluding hydrogens is 977 g/mol. The van der Waals surface area contributed by atoms with Crippen LogP contribution in [0, 0.1) is 101 Å². The average molecular weight is 1020 g/mol. The zero-order valence-corrected chi connectivity index (χ0v) is 38.1. The molecule has 0 fully saturated rings. The van der Waals surface area contributed by atoms with Gasteiger partial charge in [0.05, 0.1) is 29.1 Å². The van der Waals surface area contributed by atoms with Crippen molar-refractivity contribution >= 4 is 47.7 Å². The van der Waals surface area contributed by atoms with E-state index in [9.17, 15) is 22.0 Å². The maximum atomic E-state index is 12.0. The minimum Gasteiger partial charge on any atom is -0.358 e. The molecule has 0 unspecified atom stereocenters. The van der Waals surface area contributed by atoms with Crippen molar-refractivity contribution in [3.63, 3.8) is 0 Å². The Labute approximate surface area is 369 Å². The van der Waals surface area contributed by atoms with Gasteiger partial charge < -0.3 is 6.42 Å². The van der Waals surface area contributed by atoms with Crippen molar-refractivity contribution in [2.45, 2.75) is 41.5 Å². The monoisotopic (exact) mass is 1020 g/mol. The Hall–Kier alpha value is -5.14. The molecular formula is C52H43F5P2Pt. The minimum atomic E-state index is -2.17. The van der Waals surface area contributed by atoms with Gasteiger partial charge in [-0.25, -0.2) is 19.6 Å². The second-order valence-electron chi connectivity index (χ2n) is 13.6. The van der Waals surface area contributed by atoms with Crippen molar-refractivity contribution in [3.8, 4) is 18.3 Å². The van der Waals surface area contributed by atoms with Gasteiger partial charge in [0, 0.05) is 0 Å². The molecule has 7 rings (SSSR count). The molecule has 0 atom stereocenters. The van der Waals surface area contributed by atoms with E-state index in [1.54, 1.807) is 5.92 Å². The van der Waals surface area contributed by atoms with Crippen LogP contribution in [-0.2, 0) is 21.1 Å². The molecule has 7 aromatic carbocycles. The molecule has 0 saturated heterocycles. The average Bonchev–Trinajstić information content (AvgIpc) is 3.24. The minimum absolute atomic E-state index is 0. The number of rotatable bonds is 6. The predicted molar refractivity (Wildman–Crippen MR) is 240 cm³/mol. The number of hydrogen-bond acceptors (Lipinski definition) is 0. The Balaban J connectivity index is 0.000000239. The molecule has 306 valence electrons. The van der Waals surface area contributed by atoms with Crippen molar-refractivity contribution in [2.75, 3.05) is 0 Å². The van der Waals surface area contributed by atoms with Crippen molar-refractivity contribution in [3.05, 3.63) is 221 Å². The molecule has 0 nitrogen and oxygen atoms in total. The quantitative estimate of drug-likeness (QED) is 0.0389. The third kappa shape index (κ3) is 14.3. The molecule has 7 aromatic rings. The van der Waals surface area contributed by atoms with Crippen LogP contribution >= 0.6 is 15.8 Å². The summed E-state index contributed by atoms with van der Waals surface area (Å²) in [6, 6.07) is 55.0. The maximum Gasteiger partial charge on any atom is 2.00 e. The van der Waals surface area contributed by atoms with Crippen molar-refractivity contribution in [1.82, 2.24) is 0 Å². The summed E-state index contributed by atoms with van der Waals surface area (Å²) in [5.74, 6) is -6.49. The second-order valence-corrected chi connectivity index (χ2v) is 18.1. The van der Waals surface area contributed by atoms with E-state index in [2.05, 4.69) is 194 Å². The zero-order chi connectivity index (χ0) is 43.1. The fraction of sp³-hybridized carbons (Fsp3) is 0.115. The molecule has 0 amide bonds. The molecule has 0 heterocycles. The Morgan fingerprint density at radius 3 is 0.700 bits per heavy atom. The first-order chi connectivity index (χ1) is 28.2. The van der Waals surface area contributed by atoms with Gasteiger partial charge >= 0.3 is 21.1 Å². The van der Waals surface area contributed by atoms with Gasteiger partial charge in [0.2, 0.25) is 0 Å². The van der Waals surface area contributed by atoms with Gasteiger partial charge in [-0.1, -0.05) is 179 Å². The van der Waals surface area contributed by atoms with E-state index >= 15 is 0 Å². The van der Waals surface area contributed by atoms with E-state index in [4.69, 9.17) is 6.42 Å². The number of terminal acetylenes is 1. The Morgan fingerprint density at radius 1 is 0.383 bits per heavy atom. The number of halogens is 5. The molecule has 0 aliphatic rings. The van der Waals surface area contributed by atoms with E-state index in [0.29, 0.717) is 0 Å². The van der Waals surface area contributed by atoms with E-state index in [0.717, 1.165) is 6.07 Å². The van der Waals surface area contributed by atoms with E-state index in [1.807, 2.05) is 5.92 Å². The smallest absolute Gasteiger partial charge is 0.358 e. The van der Waals surface area contributed by atoms with Crippen LogP contribution in [0.5, 0.6) is 0 Å². The largest absolute Gasteiger partial charge is 2.00 e. The molecule has 0 spiro atoms. The third-order valence-electron chi connectivity index (χ3n) is 8.82. The Kier molecular flexibility index (Phi) is 19.9. The van der Waals surface area contributed by atoms with Crippen LogP contribution < -0.4 is 31.8 Å². The summed E-state index contributed by atoms with van der Waals surface area (Å²) in [5, 5.41) is 8.46. The van der Waals surface area contributed by atoms with Crippen LogP contribution in [0.4, 0.5) is 22.0 Å². The van der Waals surface area contributed by atoms with Crippen molar-refractivity contribution in [1.29, 1.82) is 0 Å². The van der Waals surface area contributed by atoms with Gasteiger partial charge in [-0.15, -0.1) is 6.07 Å². The van der Waals surface area contributed by atoms with Gasteiger partial charge in [0.1, 0.15) is 0 Å². The predicted octanol–water partition coefficient (Wildman–Crippen LogP) is 11.1. The van der Waals surface area contributed by atoms with Gasteiger partial charge in [-0.05, 0) is 89.2 Å². The van der Waals surface area contributed by atoms with Crippen LogP contribution in [0.3, 0.4) is 0 Å². The molecule has 0 bridgehead atoms. The Morgan fingerprint density at radius 2 is 0.550 bits per heavy atom. The standard InChI is InChI=1S/2C21H21P.C6F5.C4H.Pt/c2*1-16-4-10-19(11-5-16)22(20-12-6-17(2)7-13-20)21-14-8-18(3)9-15-21;7-2-1-3(8)5(10)6(11)4(2)9;1-3-4-2;/h2*4-15H,1-3H3;;1H;/q;;2*-1;+2. The third-order valence-corrected chi connectivity index (χ3v) is 13.7. The fourth-order valence-corrected chi connectivity index (χ4v) is 10.0. The Bertz CT molecular complexity index is 2100. The summed E-state index contributed by atoms with van der Waals surface area (Å²) in [4.78, 5) is 0. The molecule has 60 heavy (non-hydrogen) atoms. The summed E-state index contributed by atoms with van der Waals surface area (Å²) in [6.45, 7) is 12.9. The van der Waals surface area contributed by atoms with Crippen LogP contribution in [0.25, 0.3) is 0 Å². The van der Waals surface area contributed by atoms with E-state index in [-0.39, 0.29) is 21.1 Å². The van der Waals surface area contributed by atoms with Crippen LogP contribution in [0.15, 0.2) is 146 Å². The van der Waals surface area contributed by atoms with Crippen LogP contribution in [-0.4, -0.2) is 0 Å². The summed E-state index contributed by atoms with van der Waals surface area (Å²) in [5.41, 5.74) is 7.87. The summed E-state index contributed by atoms with van der Waals surface area (Å²) < 4.78 is 59.9. The van der Waals surface area contributed by atoms with Crippen LogP contribution in [0.1, 0.15) is 33.4 Å². The first kappa shape index (κ1) is 49.2. The summed E-state index contributed by atoms with van der Waals surface area (Å²) >= 11 is 0. The first-order valence-electron chi connectivity index (χ1n) is 18.5. The molecule has 0 aliphatic carbocycles. The van der Waals surface area contributed by atoms with Gasteiger partial charge in [-0.3, -0.25) is 20.6 Å². The number of benzene rings is 7. The SMILES string of the molecule is Cc1ccc(P(c2ccc(C)cc2)c2ccc(C)cc2)cc1.Cc1ccc(P(c2ccc(C)cc2)c2ccc(C)cc2)cc1.Fc1[c-]c(F)c(F)c(F)c1F.[C-]#CC#C.[Pt+2]. The molecule has 0 aromatic heterocycles. The number of aryl methyl sites for hydroxylation is 6. The molecule has 0 aliphatic heterocycles. The second kappa shape index (κ2) is 24.2.